The number of aromatic nitrogens is 2. The van der Waals surface area contributed by atoms with Crippen LogP contribution in [0.4, 0.5) is 5.69 Å². The van der Waals surface area contributed by atoms with E-state index in [1.54, 1.807) is 23.0 Å². The van der Waals surface area contributed by atoms with Crippen molar-refractivity contribution in [1.82, 2.24) is 20.4 Å². The lowest BCUT2D eigenvalue weighted by Gasteiger charge is -2.23. The van der Waals surface area contributed by atoms with Gasteiger partial charge in [-0.1, -0.05) is 0 Å². The smallest absolute Gasteiger partial charge is 0.243 e. The van der Waals surface area contributed by atoms with Gasteiger partial charge < -0.3 is 20.7 Å². The van der Waals surface area contributed by atoms with Gasteiger partial charge in [0.2, 0.25) is 11.8 Å². The van der Waals surface area contributed by atoms with E-state index in [9.17, 15) is 9.59 Å². The van der Waals surface area contributed by atoms with E-state index in [0.29, 0.717) is 25.3 Å². The summed E-state index contributed by atoms with van der Waals surface area (Å²) in [6, 6.07) is 9.14. The topological polar surface area (TPSA) is 97.3 Å². The molecule has 3 rings (SSSR count). The van der Waals surface area contributed by atoms with Gasteiger partial charge in [0.05, 0.1) is 25.4 Å². The molecule has 8 nitrogen and oxygen atoms in total. The van der Waals surface area contributed by atoms with Crippen LogP contribution in [0.25, 0.3) is 5.69 Å². The number of amides is 2. The Labute approximate surface area is 157 Å². The van der Waals surface area contributed by atoms with Crippen molar-refractivity contribution in [2.24, 2.45) is 0 Å². The minimum absolute atomic E-state index is 0. The van der Waals surface area contributed by atoms with Crippen molar-refractivity contribution in [3.8, 4) is 5.69 Å². The Balaban J connectivity index is 0.00000243. The van der Waals surface area contributed by atoms with Crippen LogP contribution in [-0.4, -0.2) is 53.9 Å². The standard InChI is InChI=1S/C17H21N5O3.ClH/c23-16(10-14-12-25-9-7-18-14)19-11-17(24)21-13-2-4-15(5-3-13)22-8-1-6-20-22;/h1-6,8,14,18H,7,9-12H2,(H,19,23)(H,21,24);1H. The van der Waals surface area contributed by atoms with Crippen molar-refractivity contribution in [3.63, 3.8) is 0 Å². The molecule has 2 amide bonds. The number of rotatable bonds is 6. The van der Waals surface area contributed by atoms with Crippen molar-refractivity contribution in [3.05, 3.63) is 42.7 Å². The van der Waals surface area contributed by atoms with Gasteiger partial charge in [0.15, 0.2) is 0 Å². The molecule has 1 aliphatic rings. The lowest BCUT2D eigenvalue weighted by molar-refractivity contribution is -0.125. The van der Waals surface area contributed by atoms with Gasteiger partial charge >= 0.3 is 0 Å². The summed E-state index contributed by atoms with van der Waals surface area (Å²) >= 11 is 0. The van der Waals surface area contributed by atoms with Crippen LogP contribution >= 0.6 is 12.4 Å². The van der Waals surface area contributed by atoms with Crippen LogP contribution in [0.3, 0.4) is 0 Å². The number of anilines is 1. The normalized spacial score (nSPS) is 16.4. The first-order chi connectivity index (χ1) is 12.2. The predicted octanol–water partition coefficient (Wildman–Crippen LogP) is 0.727. The molecule has 1 atom stereocenters. The molecular weight excluding hydrogens is 358 g/mol. The number of ether oxygens (including phenoxy) is 1. The van der Waals surface area contributed by atoms with E-state index in [1.165, 1.54) is 0 Å². The molecule has 1 unspecified atom stereocenters. The van der Waals surface area contributed by atoms with Gasteiger partial charge in [0, 0.05) is 37.1 Å². The zero-order valence-corrected chi connectivity index (χ0v) is 15.0. The SMILES string of the molecule is Cl.O=C(CC1COCCN1)NCC(=O)Nc1ccc(-n2cccn2)cc1. The van der Waals surface area contributed by atoms with Gasteiger partial charge in [0.1, 0.15) is 0 Å². The minimum atomic E-state index is -0.270. The first-order valence-corrected chi connectivity index (χ1v) is 8.18. The van der Waals surface area contributed by atoms with Crippen LogP contribution in [-0.2, 0) is 14.3 Å². The number of carbonyl (C=O) groups is 2. The van der Waals surface area contributed by atoms with Gasteiger partial charge in [-0.2, -0.15) is 5.10 Å². The zero-order chi connectivity index (χ0) is 17.5. The molecule has 1 fully saturated rings. The molecule has 0 aliphatic carbocycles. The number of halogens is 1. The molecule has 0 bridgehead atoms. The highest BCUT2D eigenvalue weighted by molar-refractivity contribution is 5.94. The second-order valence-electron chi connectivity index (χ2n) is 5.75. The van der Waals surface area contributed by atoms with Crippen molar-refractivity contribution >= 4 is 29.9 Å². The van der Waals surface area contributed by atoms with Crippen molar-refractivity contribution in [2.75, 3.05) is 31.6 Å². The van der Waals surface area contributed by atoms with Gasteiger partial charge in [-0.05, 0) is 30.3 Å². The third-order valence-corrected chi connectivity index (χ3v) is 3.80. The van der Waals surface area contributed by atoms with E-state index in [2.05, 4.69) is 21.0 Å². The molecule has 26 heavy (non-hydrogen) atoms. The summed E-state index contributed by atoms with van der Waals surface area (Å²) < 4.78 is 7.03. The maximum Gasteiger partial charge on any atom is 0.243 e. The quantitative estimate of drug-likeness (QED) is 0.687. The maximum absolute atomic E-state index is 11.9. The number of nitrogens with one attached hydrogen (secondary N) is 3. The van der Waals surface area contributed by atoms with Crippen molar-refractivity contribution in [1.29, 1.82) is 0 Å². The summed E-state index contributed by atoms with van der Waals surface area (Å²) in [4.78, 5) is 23.8. The van der Waals surface area contributed by atoms with Gasteiger partial charge in [-0.15, -0.1) is 12.4 Å². The Hall–Kier alpha value is -2.42. The fourth-order valence-electron chi connectivity index (χ4n) is 2.55. The van der Waals surface area contributed by atoms with Gasteiger partial charge in [-0.3, -0.25) is 9.59 Å². The first-order valence-electron chi connectivity index (χ1n) is 8.18. The Kier molecular flexibility index (Phi) is 7.58. The number of carbonyl (C=O) groups excluding carboxylic acids is 2. The Morgan fingerprint density at radius 3 is 2.73 bits per heavy atom. The molecule has 3 N–H and O–H groups in total. The Bertz CT molecular complexity index is 700. The summed E-state index contributed by atoms with van der Waals surface area (Å²) in [5, 5.41) is 12.7. The molecule has 0 spiro atoms. The Morgan fingerprint density at radius 2 is 2.08 bits per heavy atom. The lowest BCUT2D eigenvalue weighted by atomic mass is 10.2. The van der Waals surface area contributed by atoms with E-state index in [1.807, 2.05) is 24.4 Å². The lowest BCUT2D eigenvalue weighted by Crippen LogP contribution is -2.45. The van der Waals surface area contributed by atoms with Crippen LogP contribution in [0.1, 0.15) is 6.42 Å². The third kappa shape index (κ3) is 5.83. The largest absolute Gasteiger partial charge is 0.378 e. The van der Waals surface area contributed by atoms with Crippen LogP contribution in [0.15, 0.2) is 42.7 Å². The van der Waals surface area contributed by atoms with Crippen LogP contribution < -0.4 is 16.0 Å². The molecule has 2 aromatic rings. The first kappa shape index (κ1) is 19.9. The molecule has 0 radical (unpaired) electrons. The van der Waals surface area contributed by atoms with E-state index in [-0.39, 0.29) is 36.8 Å². The van der Waals surface area contributed by atoms with Crippen LogP contribution in [0, 0.1) is 0 Å². The number of hydrogen-bond acceptors (Lipinski definition) is 5. The Morgan fingerprint density at radius 1 is 1.27 bits per heavy atom. The van der Waals surface area contributed by atoms with Gasteiger partial charge in [0.25, 0.3) is 0 Å². The van der Waals surface area contributed by atoms with E-state index in [0.717, 1.165) is 12.2 Å². The molecule has 1 aromatic carbocycles. The molecule has 1 saturated heterocycles. The molecular formula is C17H22ClN5O3. The molecule has 9 heteroatoms. The highest BCUT2D eigenvalue weighted by Gasteiger charge is 2.17. The fraction of sp³-hybridized carbons (Fsp3) is 0.353. The molecule has 1 aromatic heterocycles. The molecule has 1 aliphatic heterocycles. The minimum Gasteiger partial charge on any atom is -0.378 e. The summed E-state index contributed by atoms with van der Waals surface area (Å²) in [5.41, 5.74) is 1.57. The van der Waals surface area contributed by atoms with Crippen LogP contribution in [0.5, 0.6) is 0 Å². The van der Waals surface area contributed by atoms with Crippen molar-refractivity contribution in [2.45, 2.75) is 12.5 Å². The number of benzene rings is 1. The molecule has 140 valence electrons. The second-order valence-corrected chi connectivity index (χ2v) is 5.75. The average molecular weight is 380 g/mol. The second kappa shape index (κ2) is 9.91. The summed E-state index contributed by atoms with van der Waals surface area (Å²) in [6.07, 6.45) is 3.84. The summed E-state index contributed by atoms with van der Waals surface area (Å²) in [6.45, 7) is 1.86. The maximum atomic E-state index is 11.9. The number of morpholine rings is 1. The summed E-state index contributed by atoms with van der Waals surface area (Å²) in [7, 11) is 0. The molecule has 2 heterocycles. The van der Waals surface area contributed by atoms with Crippen LogP contribution in [0.2, 0.25) is 0 Å². The highest BCUT2D eigenvalue weighted by atomic mass is 35.5. The number of nitrogens with zero attached hydrogens (tertiary/aromatic N) is 2. The van der Waals surface area contributed by atoms with Crippen molar-refractivity contribution < 1.29 is 14.3 Å². The highest BCUT2D eigenvalue weighted by Crippen LogP contribution is 2.12. The fourth-order valence-corrected chi connectivity index (χ4v) is 2.55. The van der Waals surface area contributed by atoms with E-state index in [4.69, 9.17) is 4.74 Å². The molecule has 0 saturated carbocycles. The third-order valence-electron chi connectivity index (χ3n) is 3.80. The van der Waals surface area contributed by atoms with E-state index >= 15 is 0 Å². The average Bonchev–Trinajstić information content (AvgIpc) is 3.16. The predicted molar refractivity (Wildman–Crippen MR) is 99.7 cm³/mol. The zero-order valence-electron chi connectivity index (χ0n) is 14.2. The summed E-state index contributed by atoms with van der Waals surface area (Å²) in [5.74, 6) is -0.444. The monoisotopic (exact) mass is 379 g/mol. The van der Waals surface area contributed by atoms with Gasteiger partial charge in [-0.25, -0.2) is 4.68 Å². The van der Waals surface area contributed by atoms with E-state index < -0.39 is 0 Å². The number of hydrogen-bond donors (Lipinski definition) is 3.